The number of likely N-dealkylation sites (tertiary alicyclic amines) is 1. The van der Waals surface area contributed by atoms with Crippen molar-refractivity contribution in [3.8, 4) is 0 Å². The van der Waals surface area contributed by atoms with Crippen molar-refractivity contribution in [3.05, 3.63) is 28.8 Å². The van der Waals surface area contributed by atoms with Gasteiger partial charge in [0.15, 0.2) is 0 Å². The maximum Gasteiger partial charge on any atom is 0.243 e. The van der Waals surface area contributed by atoms with Gasteiger partial charge in [-0.15, -0.1) is 0 Å². The minimum atomic E-state index is -3.53. The number of halogens is 1. The molecule has 140 valence electrons. The minimum Gasteiger partial charge on any atom is -0.302 e. The Hall–Kier alpha value is -0.270. The number of benzene rings is 1. The van der Waals surface area contributed by atoms with Gasteiger partial charge in [0.25, 0.3) is 0 Å². The number of piperidine rings is 1. The number of hydrogen-bond acceptors (Lipinski definition) is 4. The van der Waals surface area contributed by atoms with Gasteiger partial charge in [0.1, 0.15) is 0 Å². The zero-order chi connectivity index (χ0) is 17.9. The first-order valence-electron chi connectivity index (χ1n) is 9.07. The van der Waals surface area contributed by atoms with Crippen molar-refractivity contribution in [2.45, 2.75) is 43.5 Å². The van der Waals surface area contributed by atoms with Gasteiger partial charge >= 0.3 is 0 Å². The number of sulfonamides is 1. The van der Waals surface area contributed by atoms with E-state index in [1.807, 2.05) is 11.8 Å². The second kappa shape index (κ2) is 8.61. The molecule has 0 N–H and O–H groups in total. The molecule has 0 amide bonds. The van der Waals surface area contributed by atoms with E-state index >= 15 is 0 Å². The van der Waals surface area contributed by atoms with Crippen LogP contribution in [0.1, 0.15) is 31.2 Å². The minimum absolute atomic E-state index is 0.0361. The number of hydrogen-bond donors (Lipinski definition) is 0. The molecule has 0 aliphatic carbocycles. The van der Waals surface area contributed by atoms with Crippen LogP contribution in [0, 0.1) is 6.92 Å². The third kappa shape index (κ3) is 4.53. The summed E-state index contributed by atoms with van der Waals surface area (Å²) in [5.74, 6) is 1.90. The topological polar surface area (TPSA) is 40.6 Å². The van der Waals surface area contributed by atoms with Crippen molar-refractivity contribution in [1.29, 1.82) is 0 Å². The average molecular weight is 403 g/mol. The molecule has 2 aliphatic rings. The fourth-order valence-corrected chi connectivity index (χ4v) is 6.99. The molecular weight excluding hydrogens is 376 g/mol. The number of thioether (sulfide) groups is 1. The summed E-state index contributed by atoms with van der Waals surface area (Å²) in [5.41, 5.74) is 0.651. The van der Waals surface area contributed by atoms with Crippen molar-refractivity contribution < 1.29 is 8.42 Å². The van der Waals surface area contributed by atoms with E-state index in [4.69, 9.17) is 11.6 Å². The molecule has 2 heterocycles. The van der Waals surface area contributed by atoms with Gasteiger partial charge in [-0.25, -0.2) is 8.42 Å². The van der Waals surface area contributed by atoms with Crippen LogP contribution in [0.15, 0.2) is 23.1 Å². The molecule has 0 spiro atoms. The maximum atomic E-state index is 13.4. The third-order valence-electron chi connectivity index (χ3n) is 5.11. The average Bonchev–Trinajstić information content (AvgIpc) is 2.84. The first-order chi connectivity index (χ1) is 12.0. The SMILES string of the molecule is Cc1c(Cl)cccc1S(=O)(=O)N1CCCSCC1CN1CCCCC1. The zero-order valence-corrected chi connectivity index (χ0v) is 17.2. The fraction of sp³-hybridized carbons (Fsp3) is 0.667. The molecule has 0 saturated carbocycles. The first kappa shape index (κ1) is 19.5. The quantitative estimate of drug-likeness (QED) is 0.771. The maximum absolute atomic E-state index is 13.4. The summed E-state index contributed by atoms with van der Waals surface area (Å²) in [7, 11) is -3.53. The highest BCUT2D eigenvalue weighted by Gasteiger charge is 2.35. The molecule has 0 aromatic heterocycles. The predicted octanol–water partition coefficient (Wildman–Crippen LogP) is 3.63. The fourth-order valence-electron chi connectivity index (χ4n) is 3.70. The highest BCUT2D eigenvalue weighted by Crippen LogP contribution is 2.29. The molecule has 1 unspecified atom stereocenters. The van der Waals surface area contributed by atoms with E-state index in [0.717, 1.165) is 37.6 Å². The molecule has 7 heteroatoms. The van der Waals surface area contributed by atoms with E-state index in [0.29, 0.717) is 22.0 Å². The van der Waals surface area contributed by atoms with E-state index in [9.17, 15) is 8.42 Å². The standard InChI is InChI=1S/C18H27ClN2O2S2/c1-15-17(19)7-5-8-18(15)25(22,23)21-11-6-12-24-14-16(21)13-20-9-3-2-4-10-20/h5,7-8,16H,2-4,6,9-14H2,1H3. The van der Waals surface area contributed by atoms with Crippen LogP contribution in [0.2, 0.25) is 5.02 Å². The van der Waals surface area contributed by atoms with E-state index in [-0.39, 0.29) is 6.04 Å². The van der Waals surface area contributed by atoms with Crippen LogP contribution in [0.25, 0.3) is 0 Å². The number of rotatable bonds is 4. The van der Waals surface area contributed by atoms with Crippen LogP contribution in [0.5, 0.6) is 0 Å². The van der Waals surface area contributed by atoms with Crippen molar-refractivity contribution in [1.82, 2.24) is 9.21 Å². The first-order valence-corrected chi connectivity index (χ1v) is 12.0. The highest BCUT2D eigenvalue weighted by molar-refractivity contribution is 7.99. The van der Waals surface area contributed by atoms with E-state index in [1.54, 1.807) is 29.4 Å². The van der Waals surface area contributed by atoms with Crippen LogP contribution < -0.4 is 0 Å². The van der Waals surface area contributed by atoms with Crippen molar-refractivity contribution in [2.75, 3.05) is 37.7 Å². The molecule has 3 rings (SSSR count). The Bertz CT molecular complexity index is 690. The summed E-state index contributed by atoms with van der Waals surface area (Å²) in [6.07, 6.45) is 4.64. The molecule has 2 aliphatic heterocycles. The molecule has 2 saturated heterocycles. The van der Waals surface area contributed by atoms with Gasteiger partial charge in [-0.3, -0.25) is 0 Å². The Kier molecular flexibility index (Phi) is 6.71. The third-order valence-corrected chi connectivity index (χ3v) is 8.81. The lowest BCUT2D eigenvalue weighted by atomic mass is 10.1. The van der Waals surface area contributed by atoms with Crippen LogP contribution in [-0.2, 0) is 10.0 Å². The van der Waals surface area contributed by atoms with Crippen LogP contribution in [-0.4, -0.2) is 61.3 Å². The monoisotopic (exact) mass is 402 g/mol. The lowest BCUT2D eigenvalue weighted by molar-refractivity contribution is 0.183. The molecule has 1 atom stereocenters. The summed E-state index contributed by atoms with van der Waals surface area (Å²) < 4.78 is 28.6. The Morgan fingerprint density at radius 1 is 1.16 bits per heavy atom. The summed E-state index contributed by atoms with van der Waals surface area (Å²) in [6, 6.07) is 5.20. The smallest absolute Gasteiger partial charge is 0.243 e. The summed E-state index contributed by atoms with van der Waals surface area (Å²) >= 11 is 8.06. The molecule has 0 bridgehead atoms. The van der Waals surface area contributed by atoms with Crippen LogP contribution in [0.4, 0.5) is 0 Å². The van der Waals surface area contributed by atoms with Gasteiger partial charge in [-0.05, 0) is 62.7 Å². The van der Waals surface area contributed by atoms with Crippen LogP contribution in [0.3, 0.4) is 0 Å². The van der Waals surface area contributed by atoms with Gasteiger partial charge in [0, 0.05) is 29.9 Å². The summed E-state index contributed by atoms with van der Waals surface area (Å²) in [4.78, 5) is 2.79. The molecule has 4 nitrogen and oxygen atoms in total. The Balaban J connectivity index is 1.88. The molecule has 1 aromatic rings. The van der Waals surface area contributed by atoms with Gasteiger partial charge in [-0.2, -0.15) is 16.1 Å². The second-order valence-corrected chi connectivity index (χ2v) is 10.3. The van der Waals surface area contributed by atoms with Crippen LogP contribution >= 0.6 is 23.4 Å². The van der Waals surface area contributed by atoms with E-state index < -0.39 is 10.0 Å². The molecular formula is C18H27ClN2O2S2. The van der Waals surface area contributed by atoms with E-state index in [2.05, 4.69) is 4.90 Å². The Morgan fingerprint density at radius 3 is 2.68 bits per heavy atom. The van der Waals surface area contributed by atoms with Crippen molar-refractivity contribution in [2.24, 2.45) is 0 Å². The summed E-state index contributed by atoms with van der Waals surface area (Å²) in [6.45, 7) is 5.41. The molecule has 25 heavy (non-hydrogen) atoms. The van der Waals surface area contributed by atoms with Crippen molar-refractivity contribution >= 4 is 33.4 Å². The lowest BCUT2D eigenvalue weighted by Gasteiger charge is -2.35. The van der Waals surface area contributed by atoms with Gasteiger partial charge < -0.3 is 4.90 Å². The van der Waals surface area contributed by atoms with Gasteiger partial charge in [-0.1, -0.05) is 24.1 Å². The van der Waals surface area contributed by atoms with Gasteiger partial charge in [0.2, 0.25) is 10.0 Å². The largest absolute Gasteiger partial charge is 0.302 e. The van der Waals surface area contributed by atoms with Gasteiger partial charge in [0.05, 0.1) is 4.90 Å². The van der Waals surface area contributed by atoms with Crippen molar-refractivity contribution in [3.63, 3.8) is 0 Å². The predicted molar refractivity (Wildman–Crippen MR) is 106 cm³/mol. The molecule has 0 radical (unpaired) electrons. The zero-order valence-electron chi connectivity index (χ0n) is 14.8. The normalized spacial score (nSPS) is 24.2. The van der Waals surface area contributed by atoms with E-state index in [1.165, 1.54) is 19.3 Å². The summed E-state index contributed by atoms with van der Waals surface area (Å²) in [5, 5.41) is 0.512. The Morgan fingerprint density at radius 2 is 1.92 bits per heavy atom. The molecule has 2 fully saturated rings. The number of nitrogens with zero attached hydrogens (tertiary/aromatic N) is 2. The highest BCUT2D eigenvalue weighted by atomic mass is 35.5. The lowest BCUT2D eigenvalue weighted by Crippen LogP contribution is -2.49. The Labute approximate surface area is 161 Å². The second-order valence-electron chi connectivity index (χ2n) is 6.92. The molecule has 1 aromatic carbocycles.